The Bertz CT molecular complexity index is 291. The van der Waals surface area contributed by atoms with Crippen molar-refractivity contribution >= 4 is 12.0 Å². The predicted octanol–water partition coefficient (Wildman–Crippen LogP) is -0.268. The van der Waals surface area contributed by atoms with Gasteiger partial charge in [-0.05, 0) is 12.8 Å². The molecule has 1 atom stereocenters. The smallest absolute Gasteiger partial charge is 0.410 e. The lowest BCUT2D eigenvalue weighted by atomic mass is 10.2. The number of nitrogens with one attached hydrogen (secondary N) is 1. The van der Waals surface area contributed by atoms with Gasteiger partial charge in [0, 0.05) is 12.6 Å². The Balaban J connectivity index is 1.96. The Kier molecular flexibility index (Phi) is 3.28. The summed E-state index contributed by atoms with van der Waals surface area (Å²) in [7, 11) is 1.31. The van der Waals surface area contributed by atoms with Crippen molar-refractivity contribution < 1.29 is 19.1 Å². The van der Waals surface area contributed by atoms with E-state index in [4.69, 9.17) is 4.74 Å². The normalized spacial score (nSPS) is 25.1. The van der Waals surface area contributed by atoms with Gasteiger partial charge in [0.15, 0.2) is 0 Å². The monoisotopic (exact) mass is 228 g/mol. The fourth-order valence-corrected chi connectivity index (χ4v) is 1.68. The fraction of sp³-hybridized carbons (Fsp3) is 0.800. The minimum Gasteiger partial charge on any atom is -0.453 e. The third kappa shape index (κ3) is 2.44. The van der Waals surface area contributed by atoms with E-state index in [-0.39, 0.29) is 18.6 Å². The molecule has 1 saturated carbocycles. The minimum absolute atomic E-state index is 0.146. The number of ether oxygens (including phenoxy) is 2. The van der Waals surface area contributed by atoms with Crippen LogP contribution in [0.4, 0.5) is 4.79 Å². The number of rotatable bonds is 2. The average molecular weight is 228 g/mol. The van der Waals surface area contributed by atoms with Crippen molar-refractivity contribution in [1.29, 1.82) is 0 Å². The SMILES string of the molecule is COC(=O)N1CCOCC1C(=O)NC1CC1. The van der Waals surface area contributed by atoms with E-state index < -0.39 is 12.1 Å². The highest BCUT2D eigenvalue weighted by Gasteiger charge is 2.35. The lowest BCUT2D eigenvalue weighted by Gasteiger charge is -2.33. The van der Waals surface area contributed by atoms with E-state index in [0.717, 1.165) is 12.8 Å². The van der Waals surface area contributed by atoms with Gasteiger partial charge in [-0.25, -0.2) is 4.79 Å². The largest absolute Gasteiger partial charge is 0.453 e. The highest BCUT2D eigenvalue weighted by Crippen LogP contribution is 2.19. The van der Waals surface area contributed by atoms with Gasteiger partial charge in [-0.2, -0.15) is 0 Å². The Morgan fingerprint density at radius 2 is 2.19 bits per heavy atom. The molecule has 1 unspecified atom stereocenters. The quantitative estimate of drug-likeness (QED) is 0.706. The van der Waals surface area contributed by atoms with Gasteiger partial charge in [0.05, 0.1) is 20.3 Å². The zero-order valence-electron chi connectivity index (χ0n) is 9.27. The molecule has 1 saturated heterocycles. The van der Waals surface area contributed by atoms with Crippen LogP contribution in [0.1, 0.15) is 12.8 Å². The summed E-state index contributed by atoms with van der Waals surface area (Å²) >= 11 is 0. The summed E-state index contributed by atoms with van der Waals surface area (Å²) < 4.78 is 9.86. The van der Waals surface area contributed by atoms with Crippen LogP contribution in [0.15, 0.2) is 0 Å². The number of nitrogens with zero attached hydrogens (tertiary/aromatic N) is 1. The molecule has 0 radical (unpaired) electrons. The first-order valence-corrected chi connectivity index (χ1v) is 5.45. The van der Waals surface area contributed by atoms with Gasteiger partial charge in [0.25, 0.3) is 0 Å². The van der Waals surface area contributed by atoms with E-state index in [0.29, 0.717) is 13.2 Å². The van der Waals surface area contributed by atoms with Gasteiger partial charge in [-0.3, -0.25) is 9.69 Å². The Hall–Kier alpha value is -1.30. The topological polar surface area (TPSA) is 67.9 Å². The second kappa shape index (κ2) is 4.69. The van der Waals surface area contributed by atoms with Crippen LogP contribution in [0.3, 0.4) is 0 Å². The van der Waals surface area contributed by atoms with Gasteiger partial charge in [-0.15, -0.1) is 0 Å². The molecule has 2 aliphatic rings. The molecule has 6 heteroatoms. The maximum Gasteiger partial charge on any atom is 0.410 e. The Morgan fingerprint density at radius 1 is 1.44 bits per heavy atom. The number of methoxy groups -OCH3 is 1. The molecule has 2 fully saturated rings. The molecular weight excluding hydrogens is 212 g/mol. The summed E-state index contributed by atoms with van der Waals surface area (Å²) in [5.74, 6) is -0.146. The van der Waals surface area contributed by atoms with Gasteiger partial charge >= 0.3 is 6.09 Å². The molecule has 2 rings (SSSR count). The van der Waals surface area contributed by atoms with Crippen molar-refractivity contribution in [2.24, 2.45) is 0 Å². The van der Waals surface area contributed by atoms with Crippen LogP contribution >= 0.6 is 0 Å². The van der Waals surface area contributed by atoms with Crippen LogP contribution in [-0.2, 0) is 14.3 Å². The maximum absolute atomic E-state index is 11.8. The van der Waals surface area contributed by atoms with Crippen LogP contribution in [0.2, 0.25) is 0 Å². The molecule has 0 aromatic heterocycles. The summed E-state index contributed by atoms with van der Waals surface area (Å²) in [4.78, 5) is 24.7. The fourth-order valence-electron chi connectivity index (χ4n) is 1.68. The number of hydrogen-bond donors (Lipinski definition) is 1. The molecule has 1 aliphatic heterocycles. The lowest BCUT2D eigenvalue weighted by molar-refractivity contribution is -0.131. The van der Waals surface area contributed by atoms with Crippen LogP contribution in [0, 0.1) is 0 Å². The molecule has 0 spiro atoms. The zero-order chi connectivity index (χ0) is 11.5. The Labute approximate surface area is 93.9 Å². The molecule has 0 aromatic carbocycles. The van der Waals surface area contributed by atoms with E-state index in [9.17, 15) is 9.59 Å². The standard InChI is InChI=1S/C10H16N2O4/c1-15-10(14)12-4-5-16-6-8(12)9(13)11-7-2-3-7/h7-8H,2-6H2,1H3,(H,11,13). The van der Waals surface area contributed by atoms with E-state index >= 15 is 0 Å². The van der Waals surface area contributed by atoms with Crippen molar-refractivity contribution in [1.82, 2.24) is 10.2 Å². The zero-order valence-corrected chi connectivity index (χ0v) is 9.27. The van der Waals surface area contributed by atoms with E-state index in [2.05, 4.69) is 10.1 Å². The molecule has 16 heavy (non-hydrogen) atoms. The van der Waals surface area contributed by atoms with E-state index in [1.165, 1.54) is 12.0 Å². The first-order valence-electron chi connectivity index (χ1n) is 5.45. The first kappa shape index (κ1) is 11.2. The second-order valence-electron chi connectivity index (χ2n) is 4.04. The molecule has 1 aliphatic carbocycles. The summed E-state index contributed by atoms with van der Waals surface area (Å²) in [6.45, 7) is 1.09. The molecule has 6 nitrogen and oxygen atoms in total. The number of morpholine rings is 1. The van der Waals surface area contributed by atoms with Crippen molar-refractivity contribution in [2.75, 3.05) is 26.9 Å². The molecule has 90 valence electrons. The molecule has 1 N–H and O–H groups in total. The minimum atomic E-state index is -0.554. The number of amides is 2. The maximum atomic E-state index is 11.8. The van der Waals surface area contributed by atoms with Crippen LogP contribution in [0.25, 0.3) is 0 Å². The molecule has 0 bridgehead atoms. The van der Waals surface area contributed by atoms with Gasteiger partial charge in [-0.1, -0.05) is 0 Å². The van der Waals surface area contributed by atoms with E-state index in [1.807, 2.05) is 0 Å². The molecule has 2 amide bonds. The van der Waals surface area contributed by atoms with Crippen molar-refractivity contribution in [3.63, 3.8) is 0 Å². The summed E-state index contributed by atoms with van der Waals surface area (Å²) in [6, 6.07) is -0.268. The predicted molar refractivity (Wildman–Crippen MR) is 54.9 cm³/mol. The van der Waals surface area contributed by atoms with Crippen molar-refractivity contribution in [3.8, 4) is 0 Å². The second-order valence-corrected chi connectivity index (χ2v) is 4.04. The molecular formula is C10H16N2O4. The van der Waals surface area contributed by atoms with E-state index in [1.54, 1.807) is 0 Å². The number of hydrogen-bond acceptors (Lipinski definition) is 4. The van der Waals surface area contributed by atoms with Gasteiger partial charge in [0.2, 0.25) is 5.91 Å². The summed E-state index contributed by atoms with van der Waals surface area (Å²) in [5, 5.41) is 2.86. The van der Waals surface area contributed by atoms with Gasteiger partial charge in [0.1, 0.15) is 6.04 Å². The van der Waals surface area contributed by atoms with Crippen LogP contribution in [0.5, 0.6) is 0 Å². The molecule has 1 heterocycles. The summed E-state index contributed by atoms with van der Waals surface area (Å²) in [5.41, 5.74) is 0. The number of carbonyl (C=O) groups is 2. The molecule has 0 aromatic rings. The van der Waals surface area contributed by atoms with Crippen molar-refractivity contribution in [3.05, 3.63) is 0 Å². The number of carbonyl (C=O) groups excluding carboxylic acids is 2. The average Bonchev–Trinajstić information content (AvgIpc) is 3.12. The van der Waals surface area contributed by atoms with Gasteiger partial charge < -0.3 is 14.8 Å². The highest BCUT2D eigenvalue weighted by molar-refractivity contribution is 5.86. The lowest BCUT2D eigenvalue weighted by Crippen LogP contribution is -2.56. The third-order valence-electron chi connectivity index (χ3n) is 2.76. The summed E-state index contributed by atoms with van der Waals surface area (Å²) in [6.07, 6.45) is 1.58. The van der Waals surface area contributed by atoms with Crippen LogP contribution in [-0.4, -0.2) is 55.9 Å². The van der Waals surface area contributed by atoms with Crippen LogP contribution < -0.4 is 5.32 Å². The Morgan fingerprint density at radius 3 is 2.81 bits per heavy atom. The highest BCUT2D eigenvalue weighted by atomic mass is 16.5. The first-order chi connectivity index (χ1) is 7.72. The van der Waals surface area contributed by atoms with Crippen molar-refractivity contribution in [2.45, 2.75) is 24.9 Å². The third-order valence-corrected chi connectivity index (χ3v) is 2.76.